The second-order valence-electron chi connectivity index (χ2n) is 0.519. The van der Waals surface area contributed by atoms with Gasteiger partial charge in [-0.2, -0.15) is 0 Å². The van der Waals surface area contributed by atoms with Crippen LogP contribution in [0.3, 0.4) is 0 Å². The molecule has 0 spiro atoms. The van der Waals surface area contributed by atoms with Gasteiger partial charge in [0.1, 0.15) is 0 Å². The van der Waals surface area contributed by atoms with E-state index in [1.54, 1.807) is 0 Å². The molecule has 0 unspecified atom stereocenters. The van der Waals surface area contributed by atoms with Crippen molar-refractivity contribution in [3.8, 4) is 0 Å². The van der Waals surface area contributed by atoms with Gasteiger partial charge < -0.3 is 16.1 Å². The van der Waals surface area contributed by atoms with E-state index in [0.717, 1.165) is 6.92 Å². The predicted molar refractivity (Wildman–Crippen MR) is 20.4 cm³/mol. The van der Waals surface area contributed by atoms with Gasteiger partial charge in [-0.15, -0.1) is 0 Å². The Morgan fingerprint density at radius 3 is 1.43 bits per heavy atom. The van der Waals surface area contributed by atoms with Gasteiger partial charge in [-0.1, -0.05) is 0 Å². The Morgan fingerprint density at radius 2 is 1.43 bits per heavy atom. The van der Waals surface area contributed by atoms with Crippen molar-refractivity contribution in [2.24, 2.45) is 0 Å². The third-order valence-corrected chi connectivity index (χ3v) is 0. The summed E-state index contributed by atoms with van der Waals surface area (Å²) in [7, 11) is 0. The van der Waals surface area contributed by atoms with E-state index >= 15 is 0 Å². The number of aliphatic carboxylic acids is 1. The average Bonchev–Trinajstić information content (AvgIpc) is 0.811. The number of rotatable bonds is 0. The molecule has 40 valence electrons. The van der Waals surface area contributed by atoms with Crippen molar-refractivity contribution in [2.45, 2.75) is 6.92 Å². The van der Waals surface area contributed by atoms with Crippen LogP contribution in [0.4, 0.5) is 0 Å². The number of hydrogen-bond acceptors (Lipinski definition) is 1. The summed E-state index contributed by atoms with van der Waals surface area (Å²) in [5, 5.41) is 7.42. The molecule has 7 heavy (non-hydrogen) atoms. The third kappa shape index (κ3) is 3050. The summed E-state index contributed by atoms with van der Waals surface area (Å²) in [6, 6.07) is 0. The van der Waals surface area contributed by atoms with Gasteiger partial charge in [0.2, 0.25) is 0 Å². The van der Waals surface area contributed by atoms with Crippen LogP contribution in [0.2, 0.25) is 0 Å². The molecule has 0 aromatic carbocycles. The van der Waals surface area contributed by atoms with E-state index in [2.05, 4.69) is 0 Å². The van der Waals surface area contributed by atoms with E-state index in [1.807, 2.05) is 0 Å². The summed E-state index contributed by atoms with van der Waals surface area (Å²) in [5.74, 6) is -0.833. The van der Waals surface area contributed by atoms with Gasteiger partial charge in [0.15, 0.2) is 0 Å². The van der Waals surface area contributed by atoms with Crippen molar-refractivity contribution >= 4 is 29.9 Å². The van der Waals surface area contributed by atoms with E-state index in [9.17, 15) is 0 Å². The molecule has 0 radical (unpaired) electrons. The molecule has 0 atom stereocenters. The molecule has 0 aromatic rings. The largest absolute Gasteiger partial charge is 4.00 e. The standard InChI is InChI=1S/C2H4O2.2O.Sn/c1-2(3)4;;;/h1H3,(H,3,4);;;/q;2*-2;+4. The molecular formula is C2H4O4Sn. The van der Waals surface area contributed by atoms with Crippen LogP contribution in [-0.4, -0.2) is 35.0 Å². The Kier molecular flexibility index (Phi) is 63.4. The summed E-state index contributed by atoms with van der Waals surface area (Å²) in [5.41, 5.74) is 0. The van der Waals surface area contributed by atoms with Crippen LogP contribution in [0.5, 0.6) is 0 Å². The van der Waals surface area contributed by atoms with E-state index < -0.39 is 5.97 Å². The fraction of sp³-hybridized carbons (Fsp3) is 0.500. The normalized spacial score (nSPS) is 3.57. The molecule has 0 saturated carbocycles. The maximum atomic E-state index is 9.00. The smallest absolute Gasteiger partial charge is 2.00 e. The van der Waals surface area contributed by atoms with Gasteiger partial charge in [-0.3, -0.25) is 4.79 Å². The summed E-state index contributed by atoms with van der Waals surface area (Å²) in [6.07, 6.45) is 0. The molecule has 0 bridgehead atoms. The quantitative estimate of drug-likeness (QED) is 0.545. The molecule has 0 aromatic heterocycles. The number of carboxylic acid groups (broad SMARTS) is 1. The Bertz CT molecular complexity index is 32.7. The molecule has 0 aliphatic rings. The second-order valence-corrected chi connectivity index (χ2v) is 0.519. The Morgan fingerprint density at radius 1 is 1.43 bits per heavy atom. The second kappa shape index (κ2) is 16.4. The molecule has 0 rings (SSSR count). The molecule has 1 N–H and O–H groups in total. The third-order valence-electron chi connectivity index (χ3n) is 0. The van der Waals surface area contributed by atoms with Gasteiger partial charge in [-0.25, -0.2) is 0 Å². The summed E-state index contributed by atoms with van der Waals surface area (Å²) >= 11 is 0. The van der Waals surface area contributed by atoms with E-state index in [4.69, 9.17) is 9.90 Å². The molecule has 0 amide bonds. The van der Waals surface area contributed by atoms with E-state index in [1.165, 1.54) is 0 Å². The van der Waals surface area contributed by atoms with Crippen molar-refractivity contribution < 1.29 is 20.9 Å². The van der Waals surface area contributed by atoms with Crippen LogP contribution in [0, 0.1) is 0 Å². The summed E-state index contributed by atoms with van der Waals surface area (Å²) in [6.45, 7) is 1.08. The molecule has 4 nitrogen and oxygen atoms in total. The zero-order chi connectivity index (χ0) is 3.58. The SMILES string of the molecule is CC(=O)O.[O-2].[O-2].[Sn+4]. The predicted octanol–water partition coefficient (Wildman–Crippen LogP) is -0.528. The van der Waals surface area contributed by atoms with Gasteiger partial charge in [0.25, 0.3) is 5.97 Å². The fourth-order valence-corrected chi connectivity index (χ4v) is 0. The molecule has 0 aliphatic heterocycles. The van der Waals surface area contributed by atoms with Gasteiger partial charge >= 0.3 is 23.9 Å². The molecule has 5 heteroatoms. The zero-order valence-corrected chi connectivity index (χ0v) is 6.53. The molecular weight excluding hydrogens is 207 g/mol. The van der Waals surface area contributed by atoms with Crippen molar-refractivity contribution in [1.29, 1.82) is 0 Å². The van der Waals surface area contributed by atoms with Crippen LogP contribution in [0.25, 0.3) is 0 Å². The van der Waals surface area contributed by atoms with E-state index in [0.29, 0.717) is 0 Å². The van der Waals surface area contributed by atoms with Crippen LogP contribution in [0.15, 0.2) is 0 Å². The van der Waals surface area contributed by atoms with Crippen LogP contribution >= 0.6 is 0 Å². The Labute approximate surface area is 58.1 Å². The first-order chi connectivity index (χ1) is 1.73. The van der Waals surface area contributed by atoms with Crippen molar-refractivity contribution in [3.05, 3.63) is 0 Å². The zero-order valence-electron chi connectivity index (χ0n) is 3.67. The number of carbonyl (C=O) groups is 1. The van der Waals surface area contributed by atoms with Crippen LogP contribution in [-0.2, 0) is 15.7 Å². The minimum Gasteiger partial charge on any atom is -2.00 e. The van der Waals surface area contributed by atoms with Crippen LogP contribution in [0.1, 0.15) is 6.92 Å². The summed E-state index contributed by atoms with van der Waals surface area (Å²) in [4.78, 5) is 9.00. The number of hydrogen-bond donors (Lipinski definition) is 1. The maximum absolute atomic E-state index is 9.00. The minimum absolute atomic E-state index is 0. The monoisotopic (exact) mass is 212 g/mol. The van der Waals surface area contributed by atoms with Gasteiger partial charge in [0, 0.05) is 6.92 Å². The molecule has 0 fully saturated rings. The van der Waals surface area contributed by atoms with Crippen molar-refractivity contribution in [2.75, 3.05) is 0 Å². The first-order valence-corrected chi connectivity index (χ1v) is 0.928. The van der Waals surface area contributed by atoms with Gasteiger partial charge in [0.05, 0.1) is 0 Å². The van der Waals surface area contributed by atoms with Gasteiger partial charge in [-0.05, 0) is 0 Å². The van der Waals surface area contributed by atoms with Crippen LogP contribution < -0.4 is 0 Å². The average molecular weight is 211 g/mol. The van der Waals surface area contributed by atoms with E-state index in [-0.39, 0.29) is 34.9 Å². The number of carboxylic acids is 1. The topological polar surface area (TPSA) is 94.3 Å². The molecule has 0 aliphatic carbocycles. The fourth-order valence-electron chi connectivity index (χ4n) is 0. The van der Waals surface area contributed by atoms with Crippen molar-refractivity contribution in [1.82, 2.24) is 0 Å². The first kappa shape index (κ1) is 27.1. The maximum Gasteiger partial charge on any atom is 4.00 e. The Balaban J connectivity index is -0.0000000150. The molecule has 0 saturated heterocycles. The Hall–Kier alpha value is 0.189. The summed E-state index contributed by atoms with van der Waals surface area (Å²) < 4.78 is 0. The minimum atomic E-state index is -0.833. The van der Waals surface area contributed by atoms with Crippen molar-refractivity contribution in [3.63, 3.8) is 0 Å². The molecule has 0 heterocycles. The first-order valence-electron chi connectivity index (χ1n) is 0.928.